The molecule has 0 aliphatic carbocycles. The molecule has 38 heavy (non-hydrogen) atoms. The molecule has 3 heterocycles. The van der Waals surface area contributed by atoms with Gasteiger partial charge in [-0.05, 0) is 54.4 Å². The summed E-state index contributed by atoms with van der Waals surface area (Å²) in [6.45, 7) is 3.33. The molecule has 1 saturated heterocycles. The van der Waals surface area contributed by atoms with Crippen molar-refractivity contribution in [2.75, 3.05) is 31.7 Å². The number of amides is 1. The molecule has 3 aromatic rings. The number of nitrogens with zero attached hydrogens (tertiary/aromatic N) is 3. The third kappa shape index (κ3) is 4.58. The van der Waals surface area contributed by atoms with Gasteiger partial charge in [0, 0.05) is 31.5 Å². The normalized spacial score (nSPS) is 18.2. The number of Topliss-reactive ketones (excluding diaryl/α,β-unsaturated/α-hetero) is 1. The minimum atomic E-state index is -0.849. The average Bonchev–Trinajstić information content (AvgIpc) is 3.18. The van der Waals surface area contributed by atoms with E-state index in [0.717, 1.165) is 5.69 Å². The molecule has 2 aliphatic heterocycles. The van der Waals surface area contributed by atoms with Crippen LogP contribution in [0.1, 0.15) is 40.0 Å². The number of esters is 1. The van der Waals surface area contributed by atoms with Crippen molar-refractivity contribution >= 4 is 29.1 Å². The second kappa shape index (κ2) is 10.4. The highest BCUT2D eigenvalue weighted by molar-refractivity contribution is 6.46. The standard InChI is InChI=1S/C29H27N3O6/c1-3-37-29(36)19-8-6-18(7-9-19)17-32-25(21-5-4-12-30-16-21)24(27(34)28(32)35)26(33)20-10-11-23-22(15-20)31(2)13-14-38-23/h4-12,15-16,25,33H,3,13-14,17H2,1-2H3/b26-24-. The Kier molecular flexibility index (Phi) is 6.83. The lowest BCUT2D eigenvalue weighted by Gasteiger charge is -2.28. The summed E-state index contributed by atoms with van der Waals surface area (Å²) in [5.74, 6) is -1.52. The highest BCUT2D eigenvalue weighted by Gasteiger charge is 2.46. The smallest absolute Gasteiger partial charge is 0.338 e. The third-order valence-electron chi connectivity index (χ3n) is 6.69. The first-order valence-electron chi connectivity index (χ1n) is 12.3. The van der Waals surface area contributed by atoms with E-state index in [1.165, 1.54) is 4.90 Å². The second-order valence-corrected chi connectivity index (χ2v) is 9.08. The minimum Gasteiger partial charge on any atom is -0.507 e. The Balaban J connectivity index is 1.54. The van der Waals surface area contributed by atoms with Crippen LogP contribution in [0.5, 0.6) is 5.75 Å². The number of fused-ring (bicyclic) bond motifs is 1. The van der Waals surface area contributed by atoms with Gasteiger partial charge in [-0.2, -0.15) is 0 Å². The SMILES string of the molecule is CCOC(=O)c1ccc(CN2C(=O)C(=O)/C(=C(\O)c3ccc4c(c3)N(C)CCO4)C2c2cccnc2)cc1. The lowest BCUT2D eigenvalue weighted by Crippen LogP contribution is -2.29. The van der Waals surface area contributed by atoms with Crippen LogP contribution in [-0.4, -0.2) is 59.5 Å². The average molecular weight is 514 g/mol. The summed E-state index contributed by atoms with van der Waals surface area (Å²) in [4.78, 5) is 46.2. The summed E-state index contributed by atoms with van der Waals surface area (Å²) in [5, 5.41) is 11.4. The van der Waals surface area contributed by atoms with E-state index >= 15 is 0 Å². The molecule has 9 heteroatoms. The van der Waals surface area contributed by atoms with E-state index in [9.17, 15) is 19.5 Å². The number of aliphatic hydroxyl groups is 1. The van der Waals surface area contributed by atoms with Crippen LogP contribution in [-0.2, 0) is 20.9 Å². The fourth-order valence-electron chi connectivity index (χ4n) is 4.74. The highest BCUT2D eigenvalue weighted by Crippen LogP contribution is 2.41. The molecular formula is C29H27N3O6. The third-order valence-corrected chi connectivity index (χ3v) is 6.69. The van der Waals surface area contributed by atoms with Crippen molar-refractivity contribution in [1.82, 2.24) is 9.88 Å². The summed E-state index contributed by atoms with van der Waals surface area (Å²) < 4.78 is 10.7. The Morgan fingerprint density at radius 1 is 1.13 bits per heavy atom. The van der Waals surface area contributed by atoms with Crippen LogP contribution in [0.25, 0.3) is 5.76 Å². The number of ketones is 1. The van der Waals surface area contributed by atoms with Crippen LogP contribution in [0.2, 0.25) is 0 Å². The number of carbonyl (C=O) groups is 3. The van der Waals surface area contributed by atoms with Crippen LogP contribution in [0, 0.1) is 0 Å². The highest BCUT2D eigenvalue weighted by atomic mass is 16.5. The molecule has 1 aromatic heterocycles. The van der Waals surface area contributed by atoms with Crippen molar-refractivity contribution in [3.05, 3.63) is 94.8 Å². The van der Waals surface area contributed by atoms with E-state index in [4.69, 9.17) is 9.47 Å². The number of ether oxygens (including phenoxy) is 2. The Bertz CT molecular complexity index is 1420. The molecule has 1 atom stereocenters. The minimum absolute atomic E-state index is 0.00882. The molecule has 9 nitrogen and oxygen atoms in total. The predicted molar refractivity (Wildman–Crippen MR) is 140 cm³/mol. The van der Waals surface area contributed by atoms with Crippen molar-refractivity contribution in [1.29, 1.82) is 0 Å². The molecule has 5 rings (SSSR count). The number of aromatic nitrogens is 1. The summed E-state index contributed by atoms with van der Waals surface area (Å²) in [5.41, 5.74) is 2.88. The molecule has 0 bridgehead atoms. The van der Waals surface area contributed by atoms with Gasteiger partial charge in [0.25, 0.3) is 11.7 Å². The molecule has 2 aromatic carbocycles. The zero-order valence-electron chi connectivity index (χ0n) is 21.1. The number of likely N-dealkylation sites (tertiary alicyclic amines) is 1. The van der Waals surface area contributed by atoms with Crippen molar-refractivity contribution in [3.8, 4) is 5.75 Å². The predicted octanol–water partition coefficient (Wildman–Crippen LogP) is 3.71. The van der Waals surface area contributed by atoms with Gasteiger partial charge >= 0.3 is 5.97 Å². The number of hydrogen-bond donors (Lipinski definition) is 1. The van der Waals surface area contributed by atoms with Crippen LogP contribution < -0.4 is 9.64 Å². The van der Waals surface area contributed by atoms with E-state index in [1.807, 2.05) is 11.9 Å². The van der Waals surface area contributed by atoms with Gasteiger partial charge in [0.15, 0.2) is 0 Å². The second-order valence-electron chi connectivity index (χ2n) is 9.08. The number of pyridine rings is 1. The van der Waals surface area contributed by atoms with Crippen LogP contribution >= 0.6 is 0 Å². The van der Waals surface area contributed by atoms with Gasteiger partial charge in [0.2, 0.25) is 0 Å². The van der Waals surface area contributed by atoms with Gasteiger partial charge in [-0.1, -0.05) is 18.2 Å². The zero-order chi connectivity index (χ0) is 26.8. The van der Waals surface area contributed by atoms with Crippen LogP contribution in [0.4, 0.5) is 5.69 Å². The molecular weight excluding hydrogens is 486 g/mol. The van der Waals surface area contributed by atoms with Gasteiger partial charge in [0.05, 0.1) is 36.0 Å². The molecule has 1 unspecified atom stereocenters. The Hall–Kier alpha value is -4.66. The number of hydrogen-bond acceptors (Lipinski definition) is 8. The maximum Gasteiger partial charge on any atom is 0.338 e. The van der Waals surface area contributed by atoms with E-state index in [1.54, 1.807) is 73.9 Å². The lowest BCUT2D eigenvalue weighted by molar-refractivity contribution is -0.140. The van der Waals surface area contributed by atoms with Gasteiger partial charge in [-0.15, -0.1) is 0 Å². The molecule has 1 fully saturated rings. The van der Waals surface area contributed by atoms with Crippen molar-refractivity contribution in [3.63, 3.8) is 0 Å². The fourth-order valence-corrected chi connectivity index (χ4v) is 4.74. The Morgan fingerprint density at radius 2 is 1.89 bits per heavy atom. The molecule has 0 spiro atoms. The summed E-state index contributed by atoms with van der Waals surface area (Å²) in [7, 11) is 1.92. The van der Waals surface area contributed by atoms with E-state index in [-0.39, 0.29) is 24.5 Å². The van der Waals surface area contributed by atoms with Crippen LogP contribution in [0.15, 0.2) is 72.6 Å². The van der Waals surface area contributed by atoms with Gasteiger partial charge in [-0.25, -0.2) is 4.79 Å². The monoisotopic (exact) mass is 513 g/mol. The number of aliphatic hydroxyl groups excluding tert-OH is 1. The van der Waals surface area contributed by atoms with Crippen molar-refractivity contribution < 1.29 is 29.0 Å². The maximum atomic E-state index is 13.3. The van der Waals surface area contributed by atoms with Gasteiger partial charge in [0.1, 0.15) is 18.1 Å². The molecule has 1 N–H and O–H groups in total. The van der Waals surface area contributed by atoms with Crippen LogP contribution in [0.3, 0.4) is 0 Å². The summed E-state index contributed by atoms with van der Waals surface area (Å²) >= 11 is 0. The van der Waals surface area contributed by atoms with Crippen molar-refractivity contribution in [2.24, 2.45) is 0 Å². The quantitative estimate of drug-likeness (QED) is 0.230. The number of anilines is 1. The molecule has 0 saturated carbocycles. The number of rotatable bonds is 6. The number of likely N-dealkylation sites (N-methyl/N-ethyl adjacent to an activating group) is 1. The topological polar surface area (TPSA) is 109 Å². The van der Waals surface area contributed by atoms with Gasteiger partial charge in [-0.3, -0.25) is 14.6 Å². The Morgan fingerprint density at radius 3 is 2.61 bits per heavy atom. The van der Waals surface area contributed by atoms with E-state index in [2.05, 4.69) is 4.98 Å². The largest absolute Gasteiger partial charge is 0.507 e. The van der Waals surface area contributed by atoms with Gasteiger partial charge < -0.3 is 24.4 Å². The molecule has 1 amide bonds. The summed E-state index contributed by atoms with van der Waals surface area (Å²) in [6.07, 6.45) is 3.18. The first-order chi connectivity index (χ1) is 18.4. The van der Waals surface area contributed by atoms with E-state index in [0.29, 0.717) is 41.2 Å². The zero-order valence-corrected chi connectivity index (χ0v) is 21.1. The molecule has 2 aliphatic rings. The Labute approximate surface area is 219 Å². The number of benzene rings is 2. The first-order valence-corrected chi connectivity index (χ1v) is 12.3. The molecule has 0 radical (unpaired) electrons. The van der Waals surface area contributed by atoms with E-state index < -0.39 is 23.7 Å². The maximum absolute atomic E-state index is 13.3. The number of carbonyl (C=O) groups excluding carboxylic acids is 3. The van der Waals surface area contributed by atoms with Crippen molar-refractivity contribution in [2.45, 2.75) is 19.5 Å². The lowest BCUT2D eigenvalue weighted by atomic mass is 9.95. The molecule has 194 valence electrons. The fraction of sp³-hybridized carbons (Fsp3) is 0.241. The summed E-state index contributed by atoms with van der Waals surface area (Å²) in [6, 6.07) is 14.5. The first kappa shape index (κ1) is 25.0.